The molecule has 0 fully saturated rings. The van der Waals surface area contributed by atoms with Crippen LogP contribution in [0, 0.1) is 0 Å². The van der Waals surface area contributed by atoms with Crippen LogP contribution in [0.25, 0.3) is 0 Å². The van der Waals surface area contributed by atoms with Crippen LogP contribution in [-0.4, -0.2) is 33.3 Å². The summed E-state index contributed by atoms with van der Waals surface area (Å²) in [4.78, 5) is 11.6. The number of benzene rings is 1. The van der Waals surface area contributed by atoms with E-state index in [-0.39, 0.29) is 5.91 Å². The number of hydrogen-bond donors (Lipinski definition) is 1. The van der Waals surface area contributed by atoms with E-state index in [0.717, 1.165) is 51.0 Å². The molecule has 0 bridgehead atoms. The lowest BCUT2D eigenvalue weighted by atomic mass is 10.1. The van der Waals surface area contributed by atoms with Crippen molar-refractivity contribution in [3.63, 3.8) is 0 Å². The summed E-state index contributed by atoms with van der Waals surface area (Å²) in [5.41, 5.74) is 1.29. The van der Waals surface area contributed by atoms with Gasteiger partial charge >= 0.3 is 0 Å². The van der Waals surface area contributed by atoms with E-state index in [1.807, 2.05) is 12.1 Å². The van der Waals surface area contributed by atoms with E-state index in [9.17, 15) is 4.79 Å². The summed E-state index contributed by atoms with van der Waals surface area (Å²) < 4.78 is 10.1. The van der Waals surface area contributed by atoms with Gasteiger partial charge in [-0.15, -0.1) is 0 Å². The van der Waals surface area contributed by atoms with E-state index in [0.29, 0.717) is 6.42 Å². The normalized spacial score (nSPS) is 10.4. The van der Waals surface area contributed by atoms with E-state index in [1.165, 1.54) is 5.56 Å². The van der Waals surface area contributed by atoms with Gasteiger partial charge in [-0.1, -0.05) is 12.1 Å². The molecule has 4 nitrogen and oxygen atoms in total. The lowest BCUT2D eigenvalue weighted by Crippen LogP contribution is -2.24. The fourth-order valence-electron chi connectivity index (χ4n) is 2.09. The first-order valence-corrected chi connectivity index (χ1v) is 7.65. The van der Waals surface area contributed by atoms with Crippen LogP contribution in [0.3, 0.4) is 0 Å². The molecular formula is C17H27NO3. The first kappa shape index (κ1) is 17.5. The number of methoxy groups -OCH3 is 2. The summed E-state index contributed by atoms with van der Waals surface area (Å²) in [6, 6.07) is 8.10. The molecule has 1 N–H and O–H groups in total. The van der Waals surface area contributed by atoms with Gasteiger partial charge < -0.3 is 14.8 Å². The number of amides is 1. The van der Waals surface area contributed by atoms with Gasteiger partial charge in [0.15, 0.2) is 0 Å². The third-order valence-electron chi connectivity index (χ3n) is 3.38. The van der Waals surface area contributed by atoms with Gasteiger partial charge in [0.1, 0.15) is 5.75 Å². The highest BCUT2D eigenvalue weighted by molar-refractivity contribution is 5.75. The Hall–Kier alpha value is -1.55. The van der Waals surface area contributed by atoms with Gasteiger partial charge in [-0.05, 0) is 49.8 Å². The molecule has 0 radical (unpaired) electrons. The molecule has 118 valence electrons. The first-order valence-electron chi connectivity index (χ1n) is 7.65. The molecule has 0 spiro atoms. The van der Waals surface area contributed by atoms with Gasteiger partial charge in [-0.2, -0.15) is 0 Å². The Labute approximate surface area is 127 Å². The number of nitrogens with one attached hydrogen (secondary N) is 1. The molecule has 0 atom stereocenters. The van der Waals surface area contributed by atoms with Crippen molar-refractivity contribution in [1.29, 1.82) is 0 Å². The van der Waals surface area contributed by atoms with Crippen LogP contribution in [0.1, 0.15) is 37.7 Å². The average molecular weight is 293 g/mol. The Bertz CT molecular complexity index is 390. The fraction of sp³-hybridized carbons (Fsp3) is 0.588. The summed E-state index contributed by atoms with van der Waals surface area (Å²) in [5.74, 6) is 1.04. The maximum absolute atomic E-state index is 11.6. The van der Waals surface area contributed by atoms with Gasteiger partial charge in [0.2, 0.25) is 5.91 Å². The van der Waals surface area contributed by atoms with E-state index < -0.39 is 0 Å². The van der Waals surface area contributed by atoms with Crippen LogP contribution < -0.4 is 10.1 Å². The van der Waals surface area contributed by atoms with Gasteiger partial charge in [0.05, 0.1) is 7.11 Å². The Morgan fingerprint density at radius 1 is 1.05 bits per heavy atom. The second kappa shape index (κ2) is 11.1. The fourth-order valence-corrected chi connectivity index (χ4v) is 2.09. The SMILES string of the molecule is COCCCCNC(=O)CCCCc1ccc(OC)cc1. The molecule has 1 aromatic carbocycles. The van der Waals surface area contributed by atoms with Crippen LogP contribution in [0.15, 0.2) is 24.3 Å². The topological polar surface area (TPSA) is 47.6 Å². The number of carbonyl (C=O) groups is 1. The van der Waals surface area contributed by atoms with Crippen LogP contribution >= 0.6 is 0 Å². The molecule has 0 saturated carbocycles. The van der Waals surface area contributed by atoms with Gasteiger partial charge in [0, 0.05) is 26.7 Å². The van der Waals surface area contributed by atoms with Gasteiger partial charge in [-0.3, -0.25) is 4.79 Å². The Morgan fingerprint density at radius 2 is 1.81 bits per heavy atom. The molecule has 0 heterocycles. The molecule has 21 heavy (non-hydrogen) atoms. The quantitative estimate of drug-likeness (QED) is 0.638. The van der Waals surface area contributed by atoms with Crippen molar-refractivity contribution in [2.45, 2.75) is 38.5 Å². The van der Waals surface area contributed by atoms with Crippen molar-refractivity contribution in [3.8, 4) is 5.75 Å². The summed E-state index contributed by atoms with van der Waals surface area (Å²) in [6.07, 6.45) is 5.55. The van der Waals surface area contributed by atoms with Crippen molar-refractivity contribution in [2.24, 2.45) is 0 Å². The highest BCUT2D eigenvalue weighted by Gasteiger charge is 2.01. The van der Waals surface area contributed by atoms with Crippen LogP contribution in [0.4, 0.5) is 0 Å². The Balaban J connectivity index is 2.03. The molecule has 0 saturated heterocycles. The van der Waals surface area contributed by atoms with Crippen molar-refractivity contribution in [1.82, 2.24) is 5.32 Å². The minimum absolute atomic E-state index is 0.155. The van der Waals surface area contributed by atoms with Gasteiger partial charge in [0.25, 0.3) is 0 Å². The smallest absolute Gasteiger partial charge is 0.219 e. The second-order valence-corrected chi connectivity index (χ2v) is 5.11. The van der Waals surface area contributed by atoms with Crippen LogP contribution in [-0.2, 0) is 16.0 Å². The molecule has 0 unspecified atom stereocenters. The summed E-state index contributed by atoms with van der Waals surface area (Å²) in [7, 11) is 3.37. The van der Waals surface area contributed by atoms with Crippen molar-refractivity contribution in [2.75, 3.05) is 27.4 Å². The number of carbonyl (C=O) groups excluding carboxylic acids is 1. The molecule has 0 aliphatic carbocycles. The summed E-state index contributed by atoms with van der Waals surface area (Å²) in [6.45, 7) is 1.51. The Kier molecular flexibility index (Phi) is 9.29. The zero-order valence-electron chi connectivity index (χ0n) is 13.2. The second-order valence-electron chi connectivity index (χ2n) is 5.11. The van der Waals surface area contributed by atoms with Crippen LogP contribution in [0.2, 0.25) is 0 Å². The van der Waals surface area contributed by atoms with E-state index in [4.69, 9.17) is 9.47 Å². The monoisotopic (exact) mass is 293 g/mol. The number of ether oxygens (including phenoxy) is 2. The third-order valence-corrected chi connectivity index (χ3v) is 3.38. The first-order chi connectivity index (χ1) is 10.3. The number of hydrogen-bond acceptors (Lipinski definition) is 3. The van der Waals surface area contributed by atoms with Crippen LogP contribution in [0.5, 0.6) is 5.75 Å². The lowest BCUT2D eigenvalue weighted by molar-refractivity contribution is -0.121. The van der Waals surface area contributed by atoms with E-state index >= 15 is 0 Å². The molecule has 1 rings (SSSR count). The van der Waals surface area contributed by atoms with E-state index in [2.05, 4.69) is 17.4 Å². The molecule has 0 aliphatic heterocycles. The average Bonchev–Trinajstić information content (AvgIpc) is 2.52. The van der Waals surface area contributed by atoms with Gasteiger partial charge in [-0.25, -0.2) is 0 Å². The lowest BCUT2D eigenvalue weighted by Gasteiger charge is -2.06. The molecule has 0 aromatic heterocycles. The molecule has 1 aromatic rings. The Morgan fingerprint density at radius 3 is 2.48 bits per heavy atom. The molecule has 0 aliphatic rings. The number of aryl methyl sites for hydroxylation is 1. The predicted octanol–water partition coefficient (Wildman–Crippen LogP) is 2.95. The van der Waals surface area contributed by atoms with Crippen molar-refractivity contribution >= 4 is 5.91 Å². The number of rotatable bonds is 11. The summed E-state index contributed by atoms with van der Waals surface area (Å²) in [5, 5.41) is 2.94. The minimum Gasteiger partial charge on any atom is -0.497 e. The highest BCUT2D eigenvalue weighted by Crippen LogP contribution is 2.13. The maximum atomic E-state index is 11.6. The molecular weight excluding hydrogens is 266 g/mol. The minimum atomic E-state index is 0.155. The zero-order chi connectivity index (χ0) is 15.3. The number of unbranched alkanes of at least 4 members (excludes halogenated alkanes) is 2. The maximum Gasteiger partial charge on any atom is 0.219 e. The zero-order valence-corrected chi connectivity index (χ0v) is 13.2. The van der Waals surface area contributed by atoms with Crippen molar-refractivity contribution < 1.29 is 14.3 Å². The largest absolute Gasteiger partial charge is 0.497 e. The standard InChI is InChI=1S/C17H27NO3/c1-20-14-6-5-13-18-17(19)8-4-3-7-15-9-11-16(21-2)12-10-15/h9-12H,3-8,13-14H2,1-2H3,(H,18,19). The summed E-state index contributed by atoms with van der Waals surface area (Å²) >= 11 is 0. The van der Waals surface area contributed by atoms with Crippen molar-refractivity contribution in [3.05, 3.63) is 29.8 Å². The third kappa shape index (κ3) is 8.35. The molecule has 1 amide bonds. The van der Waals surface area contributed by atoms with E-state index in [1.54, 1.807) is 14.2 Å². The molecule has 4 heteroatoms. The highest BCUT2D eigenvalue weighted by atomic mass is 16.5. The predicted molar refractivity (Wildman–Crippen MR) is 84.7 cm³/mol.